The lowest BCUT2D eigenvalue weighted by Gasteiger charge is -2.24. The number of anilines is 1. The zero-order valence-electron chi connectivity index (χ0n) is 11.5. The summed E-state index contributed by atoms with van der Waals surface area (Å²) < 4.78 is 11.1. The van der Waals surface area contributed by atoms with Crippen LogP contribution in [0.25, 0.3) is 5.57 Å². The van der Waals surface area contributed by atoms with Crippen LogP contribution in [-0.4, -0.2) is 11.4 Å². The number of nitrogens with zero attached hydrogens (tertiary/aromatic N) is 2. The van der Waals surface area contributed by atoms with E-state index in [0.29, 0.717) is 5.88 Å². The molecule has 102 valence electrons. The highest BCUT2D eigenvalue weighted by Crippen LogP contribution is 2.33. The van der Waals surface area contributed by atoms with Gasteiger partial charge in [-0.25, -0.2) is 0 Å². The molecule has 4 nitrogen and oxygen atoms in total. The minimum atomic E-state index is -0.302. The normalized spacial score (nSPS) is 17.3. The Morgan fingerprint density at radius 3 is 2.65 bits per heavy atom. The van der Waals surface area contributed by atoms with Gasteiger partial charge in [0.2, 0.25) is 12.1 Å². The molecule has 0 amide bonds. The summed E-state index contributed by atoms with van der Waals surface area (Å²) in [7, 11) is 0. The van der Waals surface area contributed by atoms with Gasteiger partial charge in [0.1, 0.15) is 6.26 Å². The van der Waals surface area contributed by atoms with Crippen molar-refractivity contribution in [3.8, 4) is 0 Å². The SMILES string of the molecule is C=C(c1ccccc1)C1OC=CN1c1onc(C)c1C. The lowest BCUT2D eigenvalue weighted by atomic mass is 10.1. The highest BCUT2D eigenvalue weighted by molar-refractivity contribution is 5.71. The molecule has 1 unspecified atom stereocenters. The van der Waals surface area contributed by atoms with E-state index in [9.17, 15) is 0 Å². The highest BCUT2D eigenvalue weighted by atomic mass is 16.5. The van der Waals surface area contributed by atoms with Gasteiger partial charge in [0.15, 0.2) is 0 Å². The molecule has 0 radical (unpaired) electrons. The third-order valence-corrected chi connectivity index (χ3v) is 3.49. The minimum absolute atomic E-state index is 0.302. The van der Waals surface area contributed by atoms with Crippen LogP contribution in [0.15, 0.2) is 53.9 Å². The summed E-state index contributed by atoms with van der Waals surface area (Å²) in [5.41, 5.74) is 3.81. The maximum atomic E-state index is 5.66. The van der Waals surface area contributed by atoms with Crippen molar-refractivity contribution < 1.29 is 9.26 Å². The van der Waals surface area contributed by atoms with Crippen LogP contribution in [0.1, 0.15) is 16.8 Å². The first kappa shape index (κ1) is 12.5. The fraction of sp³-hybridized carbons (Fsp3) is 0.188. The topological polar surface area (TPSA) is 38.5 Å². The van der Waals surface area contributed by atoms with Crippen molar-refractivity contribution in [2.24, 2.45) is 0 Å². The fourth-order valence-electron chi connectivity index (χ4n) is 2.18. The Morgan fingerprint density at radius 1 is 1.25 bits per heavy atom. The average molecular weight is 268 g/mol. The van der Waals surface area contributed by atoms with E-state index in [4.69, 9.17) is 9.26 Å². The zero-order chi connectivity index (χ0) is 14.1. The Labute approximate surface area is 117 Å². The van der Waals surface area contributed by atoms with E-state index in [1.54, 1.807) is 6.26 Å². The van der Waals surface area contributed by atoms with Crippen molar-refractivity contribution in [2.75, 3.05) is 4.90 Å². The summed E-state index contributed by atoms with van der Waals surface area (Å²) in [4.78, 5) is 1.91. The molecule has 1 aromatic heterocycles. The number of hydrogen-bond donors (Lipinski definition) is 0. The Balaban J connectivity index is 1.91. The largest absolute Gasteiger partial charge is 0.472 e. The van der Waals surface area contributed by atoms with Gasteiger partial charge in [0.25, 0.3) is 0 Å². The third-order valence-electron chi connectivity index (χ3n) is 3.49. The molecular formula is C16H16N2O2. The summed E-state index contributed by atoms with van der Waals surface area (Å²) in [5, 5.41) is 3.99. The maximum Gasteiger partial charge on any atom is 0.237 e. The molecule has 0 N–H and O–H groups in total. The Morgan fingerprint density at radius 2 is 2.00 bits per heavy atom. The predicted molar refractivity (Wildman–Crippen MR) is 77.9 cm³/mol. The van der Waals surface area contributed by atoms with E-state index in [0.717, 1.165) is 22.4 Å². The number of rotatable bonds is 3. The van der Waals surface area contributed by atoms with Crippen molar-refractivity contribution in [3.05, 3.63) is 66.2 Å². The first-order chi connectivity index (χ1) is 9.68. The lowest BCUT2D eigenvalue weighted by molar-refractivity contribution is 0.218. The van der Waals surface area contributed by atoms with Crippen molar-refractivity contribution in [2.45, 2.75) is 20.1 Å². The molecule has 0 aliphatic carbocycles. The molecule has 0 fully saturated rings. The highest BCUT2D eigenvalue weighted by Gasteiger charge is 2.30. The van der Waals surface area contributed by atoms with E-state index in [1.807, 2.05) is 55.3 Å². The number of benzene rings is 1. The van der Waals surface area contributed by atoms with Crippen LogP contribution in [0, 0.1) is 13.8 Å². The molecule has 0 bridgehead atoms. The molecule has 1 aliphatic rings. The van der Waals surface area contributed by atoms with E-state index in [1.165, 1.54) is 0 Å². The Kier molecular flexibility index (Phi) is 3.06. The average Bonchev–Trinajstić information content (AvgIpc) is 3.07. The molecule has 20 heavy (non-hydrogen) atoms. The van der Waals surface area contributed by atoms with Crippen LogP contribution in [0.3, 0.4) is 0 Å². The monoisotopic (exact) mass is 268 g/mol. The molecule has 4 heteroatoms. The molecule has 3 rings (SSSR count). The van der Waals surface area contributed by atoms with Crippen LogP contribution in [-0.2, 0) is 4.74 Å². The maximum absolute atomic E-state index is 5.66. The molecule has 1 aliphatic heterocycles. The van der Waals surface area contributed by atoms with Crippen LogP contribution < -0.4 is 4.90 Å². The molecule has 0 saturated heterocycles. The van der Waals surface area contributed by atoms with Gasteiger partial charge < -0.3 is 9.26 Å². The quantitative estimate of drug-likeness (QED) is 0.852. The molecule has 1 atom stereocenters. The Bertz CT molecular complexity index is 658. The molecule has 0 saturated carbocycles. The molecule has 0 spiro atoms. The van der Waals surface area contributed by atoms with Crippen LogP contribution >= 0.6 is 0 Å². The summed E-state index contributed by atoms with van der Waals surface area (Å²) in [6, 6.07) is 9.97. The standard InChI is InChI=1S/C16H16N2O2/c1-11-13(3)17-20-16(11)18-9-10-19-15(18)12(2)14-7-5-4-6-8-14/h4-10,15H,2H2,1,3H3. The van der Waals surface area contributed by atoms with Gasteiger partial charge in [-0.15, -0.1) is 0 Å². The molecule has 2 heterocycles. The van der Waals surface area contributed by atoms with E-state index in [-0.39, 0.29) is 6.23 Å². The lowest BCUT2D eigenvalue weighted by Crippen LogP contribution is -2.28. The summed E-state index contributed by atoms with van der Waals surface area (Å²) in [6.45, 7) is 8.05. The number of aryl methyl sites for hydroxylation is 1. The summed E-state index contributed by atoms with van der Waals surface area (Å²) >= 11 is 0. The summed E-state index contributed by atoms with van der Waals surface area (Å²) in [5.74, 6) is 0.693. The zero-order valence-corrected chi connectivity index (χ0v) is 11.5. The van der Waals surface area contributed by atoms with Gasteiger partial charge in [0.05, 0.1) is 5.69 Å². The molecule has 2 aromatic rings. The number of aromatic nitrogens is 1. The van der Waals surface area contributed by atoms with Crippen molar-refractivity contribution in [1.82, 2.24) is 5.16 Å². The number of ether oxygens (including phenoxy) is 1. The van der Waals surface area contributed by atoms with Gasteiger partial charge in [-0.1, -0.05) is 42.1 Å². The second-order valence-electron chi connectivity index (χ2n) is 4.77. The van der Waals surface area contributed by atoms with Crippen molar-refractivity contribution in [1.29, 1.82) is 0 Å². The predicted octanol–water partition coefficient (Wildman–Crippen LogP) is 3.64. The van der Waals surface area contributed by atoms with Crippen molar-refractivity contribution in [3.63, 3.8) is 0 Å². The van der Waals surface area contributed by atoms with Crippen molar-refractivity contribution >= 4 is 11.5 Å². The van der Waals surface area contributed by atoms with Gasteiger partial charge in [-0.3, -0.25) is 4.90 Å². The smallest absolute Gasteiger partial charge is 0.237 e. The van der Waals surface area contributed by atoms with Crippen LogP contribution in [0.4, 0.5) is 5.88 Å². The van der Waals surface area contributed by atoms with Crippen LogP contribution in [0.2, 0.25) is 0 Å². The van der Waals surface area contributed by atoms with Gasteiger partial charge in [-0.05, 0) is 19.4 Å². The minimum Gasteiger partial charge on any atom is -0.472 e. The van der Waals surface area contributed by atoms with E-state index < -0.39 is 0 Å². The fourth-order valence-corrected chi connectivity index (χ4v) is 2.18. The second-order valence-corrected chi connectivity index (χ2v) is 4.77. The molecule has 1 aromatic carbocycles. The second kappa shape index (κ2) is 4.89. The van der Waals surface area contributed by atoms with E-state index >= 15 is 0 Å². The van der Waals surface area contributed by atoms with E-state index in [2.05, 4.69) is 11.7 Å². The first-order valence-electron chi connectivity index (χ1n) is 6.46. The first-order valence-corrected chi connectivity index (χ1v) is 6.46. The van der Waals surface area contributed by atoms with Gasteiger partial charge >= 0.3 is 0 Å². The Hall–Kier alpha value is -2.49. The molecular weight excluding hydrogens is 252 g/mol. The van der Waals surface area contributed by atoms with Gasteiger partial charge in [-0.2, -0.15) is 0 Å². The van der Waals surface area contributed by atoms with Gasteiger partial charge in [0, 0.05) is 17.3 Å². The van der Waals surface area contributed by atoms with Crippen LogP contribution in [0.5, 0.6) is 0 Å². The number of hydrogen-bond acceptors (Lipinski definition) is 4. The summed E-state index contributed by atoms with van der Waals surface area (Å²) in [6.07, 6.45) is 3.19. The third kappa shape index (κ3) is 1.99.